The number of carbonyl (C=O) groups is 3. The molecule has 32 heavy (non-hydrogen) atoms. The first kappa shape index (κ1) is 20.0. The maximum atomic E-state index is 13.4. The van der Waals surface area contributed by atoms with Gasteiger partial charge in [-0.05, 0) is 41.7 Å². The van der Waals surface area contributed by atoms with Crippen LogP contribution in [0, 0.1) is 0 Å². The molecule has 6 heteroatoms. The van der Waals surface area contributed by atoms with E-state index in [9.17, 15) is 14.4 Å². The molecule has 0 unspecified atom stereocenters. The maximum absolute atomic E-state index is 13.4. The summed E-state index contributed by atoms with van der Waals surface area (Å²) < 4.78 is 0. The fraction of sp³-hybridized carbons (Fsp3) is 0.192. The highest BCUT2D eigenvalue weighted by Crippen LogP contribution is 2.41. The molecule has 1 aliphatic carbocycles. The lowest BCUT2D eigenvalue weighted by molar-refractivity contribution is -0.134. The number of nitrogens with zero attached hydrogens (tertiary/aromatic N) is 2. The first-order valence-corrected chi connectivity index (χ1v) is 10.7. The SMILES string of the molecule is O=C1N[C@]2(CCc3ccccc32)C(=O)N1CC(=O)N(Cc1ccccc1)c1ccccc1. The first-order chi connectivity index (χ1) is 15.6. The summed E-state index contributed by atoms with van der Waals surface area (Å²) in [6.07, 6.45) is 1.22. The van der Waals surface area contributed by atoms with E-state index in [-0.39, 0.29) is 18.4 Å². The van der Waals surface area contributed by atoms with Crippen molar-refractivity contribution in [1.29, 1.82) is 0 Å². The van der Waals surface area contributed by atoms with E-state index in [4.69, 9.17) is 0 Å². The zero-order valence-corrected chi connectivity index (χ0v) is 17.5. The largest absolute Gasteiger partial charge is 0.325 e. The van der Waals surface area contributed by atoms with Gasteiger partial charge in [0.15, 0.2) is 0 Å². The Labute approximate surface area is 186 Å². The standard InChI is InChI=1S/C26H23N3O3/c30-23(28(21-12-5-2-6-13-21)17-19-9-3-1-4-10-19)18-29-24(31)26(27-25(29)32)16-15-20-11-7-8-14-22(20)26/h1-14H,15-18H2,(H,27,32)/t26-/m0/s1. The Bertz CT molecular complexity index is 1180. The summed E-state index contributed by atoms with van der Waals surface area (Å²) in [5.41, 5.74) is 2.50. The minimum atomic E-state index is -1.06. The number of rotatable bonds is 5. The normalized spacial score (nSPS) is 19.2. The van der Waals surface area contributed by atoms with E-state index in [0.29, 0.717) is 25.1 Å². The van der Waals surface area contributed by atoms with Crippen molar-refractivity contribution in [2.24, 2.45) is 0 Å². The molecule has 160 valence electrons. The number of urea groups is 1. The van der Waals surface area contributed by atoms with Gasteiger partial charge in [0.1, 0.15) is 12.1 Å². The number of fused-ring (bicyclic) bond motifs is 2. The van der Waals surface area contributed by atoms with Crippen LogP contribution in [0.3, 0.4) is 0 Å². The van der Waals surface area contributed by atoms with Gasteiger partial charge < -0.3 is 10.2 Å². The number of imide groups is 1. The highest BCUT2D eigenvalue weighted by atomic mass is 16.2. The Hall–Kier alpha value is -3.93. The van der Waals surface area contributed by atoms with Gasteiger partial charge in [0, 0.05) is 5.69 Å². The smallest absolute Gasteiger partial charge is 0.319 e. The molecule has 1 fully saturated rings. The predicted molar refractivity (Wildman–Crippen MR) is 121 cm³/mol. The van der Waals surface area contributed by atoms with Gasteiger partial charge in [-0.15, -0.1) is 0 Å². The van der Waals surface area contributed by atoms with Crippen molar-refractivity contribution in [3.8, 4) is 0 Å². The lowest BCUT2D eigenvalue weighted by Crippen LogP contribution is -2.45. The fourth-order valence-electron chi connectivity index (χ4n) is 4.65. The van der Waals surface area contributed by atoms with Crippen LogP contribution in [0.25, 0.3) is 0 Å². The molecule has 3 aromatic carbocycles. The highest BCUT2D eigenvalue weighted by molar-refractivity contribution is 6.11. The van der Waals surface area contributed by atoms with E-state index in [1.807, 2.05) is 84.9 Å². The van der Waals surface area contributed by atoms with Crippen LogP contribution >= 0.6 is 0 Å². The molecule has 0 aromatic heterocycles. The Kier molecular flexibility index (Phi) is 4.98. The number of nitrogens with one attached hydrogen (secondary N) is 1. The second kappa shape index (κ2) is 7.96. The van der Waals surface area contributed by atoms with Crippen molar-refractivity contribution in [2.75, 3.05) is 11.4 Å². The van der Waals surface area contributed by atoms with Crippen molar-refractivity contribution in [3.63, 3.8) is 0 Å². The predicted octanol–water partition coefficient (Wildman–Crippen LogP) is 3.61. The summed E-state index contributed by atoms with van der Waals surface area (Å²) in [5, 5.41) is 2.89. The van der Waals surface area contributed by atoms with E-state index < -0.39 is 11.6 Å². The highest BCUT2D eigenvalue weighted by Gasteiger charge is 2.55. The summed E-state index contributed by atoms with van der Waals surface area (Å²) in [5.74, 6) is -0.666. The molecule has 1 heterocycles. The number of amides is 4. The summed E-state index contributed by atoms with van der Waals surface area (Å²) in [6.45, 7) is 0.0393. The maximum Gasteiger partial charge on any atom is 0.325 e. The average Bonchev–Trinajstić information content (AvgIpc) is 3.31. The average molecular weight is 425 g/mol. The molecular weight excluding hydrogens is 402 g/mol. The van der Waals surface area contributed by atoms with Crippen molar-refractivity contribution in [2.45, 2.75) is 24.9 Å². The quantitative estimate of drug-likeness (QED) is 0.635. The number of carbonyl (C=O) groups excluding carboxylic acids is 3. The monoisotopic (exact) mass is 425 g/mol. The lowest BCUT2D eigenvalue weighted by Gasteiger charge is -2.26. The zero-order valence-electron chi connectivity index (χ0n) is 17.5. The van der Waals surface area contributed by atoms with Crippen molar-refractivity contribution in [3.05, 3.63) is 102 Å². The van der Waals surface area contributed by atoms with Crippen LogP contribution in [-0.4, -0.2) is 29.3 Å². The van der Waals surface area contributed by atoms with Crippen LogP contribution in [0.2, 0.25) is 0 Å². The molecule has 1 saturated heterocycles. The number of aryl methyl sites for hydroxylation is 1. The van der Waals surface area contributed by atoms with E-state index >= 15 is 0 Å². The van der Waals surface area contributed by atoms with Crippen molar-refractivity contribution >= 4 is 23.5 Å². The van der Waals surface area contributed by atoms with E-state index in [2.05, 4.69) is 5.32 Å². The molecule has 3 aromatic rings. The van der Waals surface area contributed by atoms with Crippen LogP contribution < -0.4 is 10.2 Å². The van der Waals surface area contributed by atoms with Crippen LogP contribution in [0.4, 0.5) is 10.5 Å². The molecule has 1 N–H and O–H groups in total. The molecule has 0 radical (unpaired) electrons. The van der Waals surface area contributed by atoms with Gasteiger partial charge in [-0.3, -0.25) is 14.5 Å². The van der Waals surface area contributed by atoms with Crippen LogP contribution in [-0.2, 0) is 28.1 Å². The molecule has 2 aliphatic rings. The fourth-order valence-corrected chi connectivity index (χ4v) is 4.65. The van der Waals surface area contributed by atoms with E-state index in [0.717, 1.165) is 21.6 Å². The summed E-state index contributed by atoms with van der Waals surface area (Å²) >= 11 is 0. The van der Waals surface area contributed by atoms with Crippen LogP contribution in [0.5, 0.6) is 0 Å². The molecule has 1 spiro atoms. The third-order valence-corrected chi connectivity index (χ3v) is 6.27. The Morgan fingerprint density at radius 1 is 0.906 bits per heavy atom. The lowest BCUT2D eigenvalue weighted by atomic mass is 9.92. The van der Waals surface area contributed by atoms with E-state index in [1.165, 1.54) is 0 Å². The summed E-state index contributed by atoms with van der Waals surface area (Å²) in [6, 6.07) is 26.1. The van der Waals surface area contributed by atoms with Crippen LogP contribution in [0.1, 0.15) is 23.1 Å². The number of benzene rings is 3. The van der Waals surface area contributed by atoms with Gasteiger partial charge >= 0.3 is 6.03 Å². The number of hydrogen-bond donors (Lipinski definition) is 1. The zero-order chi connectivity index (χ0) is 22.1. The van der Waals surface area contributed by atoms with Gasteiger partial charge in [0.25, 0.3) is 5.91 Å². The van der Waals surface area contributed by atoms with Crippen molar-refractivity contribution < 1.29 is 14.4 Å². The minimum Gasteiger partial charge on any atom is -0.319 e. The molecule has 6 nitrogen and oxygen atoms in total. The van der Waals surface area contributed by atoms with E-state index in [1.54, 1.807) is 4.90 Å². The topological polar surface area (TPSA) is 69.7 Å². The molecule has 1 atom stereocenters. The van der Waals surface area contributed by atoms with Gasteiger partial charge in [-0.2, -0.15) is 0 Å². The van der Waals surface area contributed by atoms with Gasteiger partial charge in [-0.25, -0.2) is 4.79 Å². The molecule has 4 amide bonds. The third kappa shape index (κ3) is 3.34. The molecule has 1 aliphatic heterocycles. The second-order valence-electron chi connectivity index (χ2n) is 8.18. The van der Waals surface area contributed by atoms with Crippen LogP contribution in [0.15, 0.2) is 84.9 Å². The summed E-state index contributed by atoms with van der Waals surface area (Å²) in [4.78, 5) is 42.3. The van der Waals surface area contributed by atoms with Gasteiger partial charge in [-0.1, -0.05) is 72.8 Å². The number of hydrogen-bond acceptors (Lipinski definition) is 3. The minimum absolute atomic E-state index is 0.309. The first-order valence-electron chi connectivity index (χ1n) is 10.7. The molecule has 0 bridgehead atoms. The summed E-state index contributed by atoms with van der Waals surface area (Å²) in [7, 11) is 0. The molecular formula is C26H23N3O3. The molecule has 5 rings (SSSR count). The Morgan fingerprint density at radius 3 is 2.31 bits per heavy atom. The second-order valence-corrected chi connectivity index (χ2v) is 8.18. The Morgan fingerprint density at radius 2 is 1.56 bits per heavy atom. The number of para-hydroxylation sites is 1. The van der Waals surface area contributed by atoms with Crippen molar-refractivity contribution in [1.82, 2.24) is 10.2 Å². The van der Waals surface area contributed by atoms with Gasteiger partial charge in [0.05, 0.1) is 6.54 Å². The molecule has 0 saturated carbocycles. The van der Waals surface area contributed by atoms with Gasteiger partial charge in [0.2, 0.25) is 5.91 Å². The number of anilines is 1. The third-order valence-electron chi connectivity index (χ3n) is 6.27. The Balaban J connectivity index is 1.41.